The molecule has 164 valence electrons. The fraction of sp³-hybridized carbons (Fsp3) is 0.364. The Hall–Kier alpha value is -3.46. The molecule has 0 fully saturated rings. The largest absolute Gasteiger partial charge is 0.491 e. The molecular weight excluding hydrogens is 396 g/mol. The Bertz CT molecular complexity index is 947. The lowest BCUT2D eigenvalue weighted by atomic mass is 10.2. The van der Waals surface area contributed by atoms with Crippen molar-refractivity contribution < 1.29 is 14.3 Å². The van der Waals surface area contributed by atoms with Gasteiger partial charge in [-0.15, -0.1) is 5.10 Å². The summed E-state index contributed by atoms with van der Waals surface area (Å²) >= 11 is 0. The van der Waals surface area contributed by atoms with Gasteiger partial charge in [-0.1, -0.05) is 55.5 Å². The van der Waals surface area contributed by atoms with Crippen molar-refractivity contribution in [3.8, 4) is 5.75 Å². The second kappa shape index (κ2) is 11.7. The van der Waals surface area contributed by atoms with Crippen molar-refractivity contribution in [1.29, 1.82) is 0 Å². The maximum Gasteiger partial charge on any atom is 0.314 e. The molecule has 0 aliphatic heterocycles. The fourth-order valence-corrected chi connectivity index (χ4v) is 3.02. The molecule has 9 heteroatoms. The number of carbonyl (C=O) groups excluding carboxylic acids is 1. The van der Waals surface area contributed by atoms with E-state index in [0.717, 1.165) is 17.0 Å². The normalized spacial score (nSPS) is 11.7. The van der Waals surface area contributed by atoms with Gasteiger partial charge in [-0.3, -0.25) is 0 Å². The van der Waals surface area contributed by atoms with E-state index in [4.69, 9.17) is 9.47 Å². The Morgan fingerprint density at radius 3 is 2.71 bits per heavy atom. The van der Waals surface area contributed by atoms with Gasteiger partial charge < -0.3 is 20.1 Å². The highest BCUT2D eigenvalue weighted by Crippen LogP contribution is 2.18. The zero-order chi connectivity index (χ0) is 21.9. The lowest BCUT2D eigenvalue weighted by molar-refractivity contribution is 0.107. The van der Waals surface area contributed by atoms with Gasteiger partial charge in [-0.2, -0.15) is 0 Å². The molecule has 1 atom stereocenters. The van der Waals surface area contributed by atoms with Crippen molar-refractivity contribution >= 4 is 6.03 Å². The molecular formula is C22H28N6O3. The van der Waals surface area contributed by atoms with Gasteiger partial charge in [0, 0.05) is 25.1 Å². The van der Waals surface area contributed by atoms with Crippen LogP contribution in [0.1, 0.15) is 29.8 Å². The second-order valence-corrected chi connectivity index (χ2v) is 7.05. The van der Waals surface area contributed by atoms with Crippen LogP contribution in [0.15, 0.2) is 54.6 Å². The Morgan fingerprint density at radius 2 is 1.90 bits per heavy atom. The van der Waals surface area contributed by atoms with Crippen LogP contribution in [0.3, 0.4) is 0 Å². The number of para-hydroxylation sites is 1. The van der Waals surface area contributed by atoms with Crippen LogP contribution in [-0.2, 0) is 24.4 Å². The van der Waals surface area contributed by atoms with Crippen molar-refractivity contribution in [3.05, 3.63) is 71.5 Å². The first-order valence-electron chi connectivity index (χ1n) is 10.2. The van der Waals surface area contributed by atoms with Crippen molar-refractivity contribution in [2.75, 3.05) is 20.3 Å². The fourth-order valence-electron chi connectivity index (χ4n) is 3.02. The van der Waals surface area contributed by atoms with Gasteiger partial charge in [0.05, 0.1) is 19.8 Å². The van der Waals surface area contributed by atoms with Gasteiger partial charge in [0.25, 0.3) is 0 Å². The summed E-state index contributed by atoms with van der Waals surface area (Å²) in [7, 11) is 1.58. The van der Waals surface area contributed by atoms with Crippen LogP contribution < -0.4 is 15.4 Å². The van der Waals surface area contributed by atoms with E-state index < -0.39 is 0 Å². The highest BCUT2D eigenvalue weighted by atomic mass is 16.5. The molecule has 2 amide bonds. The molecule has 2 aromatic carbocycles. The molecule has 3 aromatic rings. The molecule has 0 aliphatic carbocycles. The third-order valence-corrected chi connectivity index (χ3v) is 4.68. The molecule has 0 aliphatic rings. The van der Waals surface area contributed by atoms with E-state index in [0.29, 0.717) is 38.7 Å². The highest BCUT2D eigenvalue weighted by molar-refractivity contribution is 5.73. The lowest BCUT2D eigenvalue weighted by Crippen LogP contribution is -2.32. The SMILES string of the molecule is CNC(=O)NCc1ccccc1OCCn1nnnc1C(C)COCc1ccccc1. The van der Waals surface area contributed by atoms with Gasteiger partial charge in [-0.25, -0.2) is 9.48 Å². The molecule has 1 heterocycles. The summed E-state index contributed by atoms with van der Waals surface area (Å²) in [5.41, 5.74) is 2.03. The van der Waals surface area contributed by atoms with E-state index in [9.17, 15) is 4.79 Å². The molecule has 3 rings (SSSR count). The van der Waals surface area contributed by atoms with Crippen LogP contribution in [0.25, 0.3) is 0 Å². The maximum atomic E-state index is 11.4. The van der Waals surface area contributed by atoms with E-state index in [-0.39, 0.29) is 11.9 Å². The number of nitrogens with zero attached hydrogens (tertiary/aromatic N) is 4. The molecule has 0 saturated heterocycles. The number of tetrazole rings is 1. The number of hydrogen-bond acceptors (Lipinski definition) is 6. The van der Waals surface area contributed by atoms with E-state index in [1.165, 1.54) is 0 Å². The lowest BCUT2D eigenvalue weighted by Gasteiger charge is -2.14. The smallest absolute Gasteiger partial charge is 0.314 e. The predicted octanol–water partition coefficient (Wildman–Crippen LogP) is 2.50. The molecule has 1 aromatic heterocycles. The van der Waals surface area contributed by atoms with Gasteiger partial charge in [0.15, 0.2) is 5.82 Å². The Balaban J connectivity index is 1.49. The molecule has 31 heavy (non-hydrogen) atoms. The quantitative estimate of drug-likeness (QED) is 0.490. The van der Waals surface area contributed by atoms with Crippen LogP contribution in [-0.4, -0.2) is 46.5 Å². The molecule has 0 spiro atoms. The number of amides is 2. The average molecular weight is 425 g/mol. The van der Waals surface area contributed by atoms with Crippen LogP contribution in [0.4, 0.5) is 4.79 Å². The summed E-state index contributed by atoms with van der Waals surface area (Å²) in [6.07, 6.45) is 0. The molecule has 0 bridgehead atoms. The number of nitrogens with one attached hydrogen (secondary N) is 2. The van der Waals surface area contributed by atoms with Crippen molar-refractivity contribution in [2.24, 2.45) is 0 Å². The maximum absolute atomic E-state index is 11.4. The predicted molar refractivity (Wildman–Crippen MR) is 116 cm³/mol. The van der Waals surface area contributed by atoms with Gasteiger partial charge >= 0.3 is 6.03 Å². The molecule has 1 unspecified atom stereocenters. The number of rotatable bonds is 11. The summed E-state index contributed by atoms with van der Waals surface area (Å²) in [5, 5.41) is 17.3. The second-order valence-electron chi connectivity index (χ2n) is 7.05. The molecule has 0 radical (unpaired) electrons. The third kappa shape index (κ3) is 6.78. The van der Waals surface area contributed by atoms with E-state index in [1.807, 2.05) is 61.5 Å². The van der Waals surface area contributed by atoms with E-state index in [1.54, 1.807) is 11.7 Å². The first-order chi connectivity index (χ1) is 15.2. The first-order valence-corrected chi connectivity index (χ1v) is 10.2. The number of aromatic nitrogens is 4. The minimum atomic E-state index is -0.239. The average Bonchev–Trinajstić information content (AvgIpc) is 3.27. The zero-order valence-corrected chi connectivity index (χ0v) is 17.8. The minimum Gasteiger partial charge on any atom is -0.491 e. The minimum absolute atomic E-state index is 0.0442. The number of benzene rings is 2. The highest BCUT2D eigenvalue weighted by Gasteiger charge is 2.15. The monoisotopic (exact) mass is 424 g/mol. The molecule has 2 N–H and O–H groups in total. The van der Waals surface area contributed by atoms with Gasteiger partial charge in [-0.05, 0) is 22.1 Å². The van der Waals surface area contributed by atoms with Crippen molar-refractivity contribution in [2.45, 2.75) is 32.5 Å². The molecule has 9 nitrogen and oxygen atoms in total. The van der Waals surface area contributed by atoms with E-state index >= 15 is 0 Å². The summed E-state index contributed by atoms with van der Waals surface area (Å²) < 4.78 is 13.5. The first kappa shape index (κ1) is 22.2. The zero-order valence-electron chi connectivity index (χ0n) is 17.8. The summed E-state index contributed by atoms with van der Waals surface area (Å²) in [6.45, 7) is 4.38. The summed E-state index contributed by atoms with van der Waals surface area (Å²) in [6, 6.07) is 17.4. The third-order valence-electron chi connectivity index (χ3n) is 4.68. The Labute approximate surface area is 181 Å². The van der Waals surface area contributed by atoms with Crippen LogP contribution in [0, 0.1) is 0 Å². The molecule has 0 saturated carbocycles. The number of urea groups is 1. The van der Waals surface area contributed by atoms with Gasteiger partial charge in [0.1, 0.15) is 12.4 Å². The summed E-state index contributed by atoms with van der Waals surface area (Å²) in [5.74, 6) is 1.52. The van der Waals surface area contributed by atoms with Gasteiger partial charge in [0.2, 0.25) is 0 Å². The van der Waals surface area contributed by atoms with Crippen molar-refractivity contribution in [3.63, 3.8) is 0 Å². The topological polar surface area (TPSA) is 103 Å². The standard InChI is InChI=1S/C22H28N6O3/c1-17(15-30-16-18-8-4-3-5-9-18)21-25-26-27-28(21)12-13-31-20-11-7-6-10-19(20)14-24-22(29)23-2/h3-11,17H,12-16H2,1-2H3,(H2,23,24,29). The van der Waals surface area contributed by atoms with Crippen LogP contribution >= 0.6 is 0 Å². The Morgan fingerprint density at radius 1 is 1.13 bits per heavy atom. The number of hydrogen-bond donors (Lipinski definition) is 2. The van der Waals surface area contributed by atoms with Crippen LogP contribution in [0.2, 0.25) is 0 Å². The van der Waals surface area contributed by atoms with Crippen LogP contribution in [0.5, 0.6) is 5.75 Å². The van der Waals surface area contributed by atoms with E-state index in [2.05, 4.69) is 26.2 Å². The number of ether oxygens (including phenoxy) is 2. The Kier molecular flexibility index (Phi) is 8.36. The summed E-state index contributed by atoms with van der Waals surface area (Å²) in [4.78, 5) is 11.4. The van der Waals surface area contributed by atoms with Crippen molar-refractivity contribution in [1.82, 2.24) is 30.8 Å². The number of carbonyl (C=O) groups is 1.